The van der Waals surface area contributed by atoms with E-state index in [9.17, 15) is 31.9 Å². The van der Waals surface area contributed by atoms with E-state index >= 15 is 0 Å². The molecule has 2 fully saturated rings. The summed E-state index contributed by atoms with van der Waals surface area (Å²) in [4.78, 5) is 23.4. The number of benzene rings is 2. The van der Waals surface area contributed by atoms with Crippen LogP contribution in [-0.2, 0) is 16.6 Å². The van der Waals surface area contributed by atoms with E-state index in [1.165, 1.54) is 24.3 Å². The summed E-state index contributed by atoms with van der Waals surface area (Å²) in [7, 11) is 0. The maximum absolute atomic E-state index is 14.3. The highest BCUT2D eigenvalue weighted by Crippen LogP contribution is 2.41. The lowest BCUT2D eigenvalue weighted by molar-refractivity contribution is -0.138. The van der Waals surface area contributed by atoms with Gasteiger partial charge in [-0.15, -0.1) is 0 Å². The van der Waals surface area contributed by atoms with Crippen molar-refractivity contribution in [3.05, 3.63) is 83.4 Å². The zero-order valence-electron chi connectivity index (χ0n) is 21.7. The zero-order valence-corrected chi connectivity index (χ0v) is 21.7. The Morgan fingerprint density at radius 1 is 1.00 bits per heavy atom. The van der Waals surface area contributed by atoms with Crippen LogP contribution in [0.15, 0.2) is 60.9 Å². The third-order valence-electron chi connectivity index (χ3n) is 8.24. The second kappa shape index (κ2) is 9.79. The lowest BCUT2D eigenvalue weighted by Gasteiger charge is -2.34. The van der Waals surface area contributed by atoms with Crippen molar-refractivity contribution in [3.8, 4) is 11.3 Å². The Morgan fingerprint density at radius 3 is 2.44 bits per heavy atom. The number of nitrogens with zero attached hydrogens (tertiary/aromatic N) is 4. The van der Waals surface area contributed by atoms with Crippen LogP contribution < -0.4 is 5.73 Å². The maximum atomic E-state index is 14.3. The predicted octanol–water partition coefficient (Wildman–Crippen LogP) is 5.37. The average molecular weight is 572 g/mol. The Bertz CT molecular complexity index is 1620. The van der Waals surface area contributed by atoms with Crippen LogP contribution >= 0.6 is 0 Å². The molecule has 4 heterocycles. The molecule has 1 amide bonds. The minimum absolute atomic E-state index is 0.0551. The van der Waals surface area contributed by atoms with Crippen molar-refractivity contribution in [2.75, 3.05) is 12.3 Å². The van der Waals surface area contributed by atoms with Crippen LogP contribution in [0.1, 0.15) is 54.1 Å². The fraction of sp³-hybridized carbons (Fsp3) is 0.345. The van der Waals surface area contributed by atoms with Crippen molar-refractivity contribution in [2.45, 2.75) is 55.8 Å². The summed E-state index contributed by atoms with van der Waals surface area (Å²) in [6, 6.07) is 8.97. The first kappa shape index (κ1) is 27.1. The van der Waals surface area contributed by atoms with Gasteiger partial charge >= 0.3 is 6.18 Å². The van der Waals surface area contributed by atoms with Crippen LogP contribution in [0, 0.1) is 0 Å². The molecular weight excluding hydrogens is 545 g/mol. The third-order valence-corrected chi connectivity index (χ3v) is 8.24. The van der Waals surface area contributed by atoms with E-state index in [-0.39, 0.29) is 29.2 Å². The van der Waals surface area contributed by atoms with E-state index in [0.29, 0.717) is 41.6 Å². The number of alkyl halides is 5. The first-order valence-corrected chi connectivity index (χ1v) is 13.2. The molecule has 2 aromatic carbocycles. The number of aliphatic hydroxyl groups is 1. The summed E-state index contributed by atoms with van der Waals surface area (Å²) >= 11 is 0. The first-order chi connectivity index (χ1) is 19.5. The summed E-state index contributed by atoms with van der Waals surface area (Å²) in [5.74, 6) is 0.967. The predicted molar refractivity (Wildman–Crippen MR) is 140 cm³/mol. The van der Waals surface area contributed by atoms with Gasteiger partial charge in [0.05, 0.1) is 5.56 Å². The molecule has 0 saturated carbocycles. The van der Waals surface area contributed by atoms with Crippen LogP contribution in [0.5, 0.6) is 0 Å². The van der Waals surface area contributed by atoms with Crippen molar-refractivity contribution >= 4 is 17.2 Å². The van der Waals surface area contributed by atoms with Crippen molar-refractivity contribution in [2.24, 2.45) is 0 Å². The number of nitrogens with two attached hydrogens (primary N) is 1. The fourth-order valence-electron chi connectivity index (χ4n) is 6.09. The van der Waals surface area contributed by atoms with Crippen LogP contribution in [0.4, 0.5) is 27.8 Å². The van der Waals surface area contributed by atoms with Crippen molar-refractivity contribution in [1.82, 2.24) is 19.3 Å². The smallest absolute Gasteiger partial charge is 0.382 e. The molecule has 2 aliphatic heterocycles. The number of hydrogen-bond donors (Lipinski definition) is 2. The Labute approximate surface area is 231 Å². The number of carbonyl (C=O) groups is 1. The highest BCUT2D eigenvalue weighted by molar-refractivity contribution is 5.85. The second-order valence-electron chi connectivity index (χ2n) is 10.6. The molecule has 2 aliphatic rings. The van der Waals surface area contributed by atoms with Gasteiger partial charge in [-0.2, -0.15) is 13.2 Å². The Kier molecular flexibility index (Phi) is 6.48. The first-order valence-electron chi connectivity index (χ1n) is 13.2. The number of carbonyl (C=O) groups excluding carboxylic acids is 1. The fourth-order valence-corrected chi connectivity index (χ4v) is 6.09. The van der Waals surface area contributed by atoms with Gasteiger partial charge < -0.3 is 15.7 Å². The molecule has 4 aromatic rings. The molecule has 0 aliphatic carbocycles. The van der Waals surface area contributed by atoms with Crippen molar-refractivity contribution < 1.29 is 31.9 Å². The van der Waals surface area contributed by atoms with Gasteiger partial charge in [0, 0.05) is 42.9 Å². The highest BCUT2D eigenvalue weighted by atomic mass is 19.4. The molecule has 3 N–H and O–H groups in total. The number of hydrogen-bond acceptors (Lipinski definition) is 5. The van der Waals surface area contributed by atoms with E-state index in [2.05, 4.69) is 4.98 Å². The SMILES string of the molecule is Nc1nccn2c([C@@H]3CC[C@H]4CCC(=O)N4C3)nc(-c3ccc(C(O)(c4cccc(C(F)(F)F)c4)C(F)F)cc3)c12. The summed E-state index contributed by atoms with van der Waals surface area (Å²) in [6.07, 6.45) is -1.83. The molecule has 0 radical (unpaired) electrons. The normalized spacial score (nSPS) is 21.0. The highest BCUT2D eigenvalue weighted by Gasteiger charge is 2.43. The molecule has 2 aromatic heterocycles. The molecule has 7 nitrogen and oxygen atoms in total. The zero-order chi connectivity index (χ0) is 29.1. The number of nitrogen functional groups attached to an aromatic ring is 1. The molecule has 6 rings (SSSR count). The number of aromatic nitrogens is 3. The second-order valence-corrected chi connectivity index (χ2v) is 10.6. The van der Waals surface area contributed by atoms with E-state index in [1.807, 2.05) is 9.30 Å². The largest absolute Gasteiger partial charge is 0.416 e. The van der Waals surface area contributed by atoms with Gasteiger partial charge in [0.15, 0.2) is 5.60 Å². The number of fused-ring (bicyclic) bond motifs is 2. The molecule has 0 bridgehead atoms. The lowest BCUT2D eigenvalue weighted by Crippen LogP contribution is -2.41. The van der Waals surface area contributed by atoms with Crippen LogP contribution in [-0.4, -0.2) is 49.3 Å². The number of amides is 1. The van der Waals surface area contributed by atoms with Gasteiger partial charge in [0.25, 0.3) is 6.43 Å². The molecule has 0 spiro atoms. The van der Waals surface area contributed by atoms with Gasteiger partial charge in [0.2, 0.25) is 5.91 Å². The van der Waals surface area contributed by atoms with Crippen LogP contribution in [0.25, 0.3) is 16.8 Å². The summed E-state index contributed by atoms with van der Waals surface area (Å²) in [5.41, 5.74) is 2.69. The van der Waals surface area contributed by atoms with Crippen molar-refractivity contribution in [3.63, 3.8) is 0 Å². The topological polar surface area (TPSA) is 96.8 Å². The van der Waals surface area contributed by atoms with Gasteiger partial charge in [0.1, 0.15) is 22.9 Å². The van der Waals surface area contributed by atoms with Crippen LogP contribution in [0.3, 0.4) is 0 Å². The maximum Gasteiger partial charge on any atom is 0.416 e. The van der Waals surface area contributed by atoms with Crippen molar-refractivity contribution in [1.29, 1.82) is 0 Å². The molecule has 41 heavy (non-hydrogen) atoms. The molecule has 12 heteroatoms. The number of imidazole rings is 1. The van der Waals surface area contributed by atoms with Gasteiger partial charge in [-0.05, 0) is 42.5 Å². The van der Waals surface area contributed by atoms with E-state index in [0.717, 1.165) is 37.5 Å². The Balaban J connectivity index is 1.39. The average Bonchev–Trinajstić information content (AvgIpc) is 3.53. The Morgan fingerprint density at radius 2 is 1.73 bits per heavy atom. The standard InChI is InChI=1S/C29H26F5N5O2/c30-27(31)28(41,19-2-1-3-20(14-19)29(32,33)34)18-7-4-16(5-8-18)23-24-25(35)36-12-13-38(24)26(37-23)17-6-9-21-10-11-22(40)39(21)15-17/h1-5,7-8,12-14,17,21,27,41H,6,9-11,15H2,(H2,35,36)/t17-,21+,28?/m1/s1. The molecule has 3 atom stereocenters. The Hall–Kier alpha value is -4.06. The van der Waals surface area contributed by atoms with Gasteiger partial charge in [-0.25, -0.2) is 18.7 Å². The van der Waals surface area contributed by atoms with Gasteiger partial charge in [-0.3, -0.25) is 9.20 Å². The van der Waals surface area contributed by atoms with E-state index in [1.54, 1.807) is 12.4 Å². The van der Waals surface area contributed by atoms with Crippen LogP contribution in [0.2, 0.25) is 0 Å². The lowest BCUT2D eigenvalue weighted by atomic mass is 9.85. The summed E-state index contributed by atoms with van der Waals surface area (Å²) < 4.78 is 70.2. The molecule has 1 unspecified atom stereocenters. The molecule has 214 valence electrons. The van der Waals surface area contributed by atoms with Gasteiger partial charge in [-0.1, -0.05) is 36.4 Å². The van der Waals surface area contributed by atoms with E-state index in [4.69, 9.17) is 10.7 Å². The van der Waals surface area contributed by atoms with E-state index < -0.39 is 29.3 Å². The molecular formula is C29H26F5N5O2. The summed E-state index contributed by atoms with van der Waals surface area (Å²) in [5, 5.41) is 11.1. The number of anilines is 1. The monoisotopic (exact) mass is 571 g/mol. The number of halogens is 5. The number of piperidine rings is 1. The number of rotatable bonds is 5. The summed E-state index contributed by atoms with van der Waals surface area (Å²) in [6.45, 7) is 0.529. The third kappa shape index (κ3) is 4.50. The minimum atomic E-state index is -4.77. The molecule has 2 saturated heterocycles. The minimum Gasteiger partial charge on any atom is -0.382 e. The quantitative estimate of drug-likeness (QED) is 0.314.